The van der Waals surface area contributed by atoms with Crippen LogP contribution in [0.1, 0.15) is 32.6 Å². The molecule has 21 heavy (non-hydrogen) atoms. The summed E-state index contributed by atoms with van der Waals surface area (Å²) in [7, 11) is 0. The highest BCUT2D eigenvalue weighted by atomic mass is 35.5. The van der Waals surface area contributed by atoms with E-state index in [1.165, 1.54) is 0 Å². The fourth-order valence-corrected chi connectivity index (χ4v) is 3.20. The molecule has 114 valence electrons. The first-order chi connectivity index (χ1) is 9.58. The van der Waals surface area contributed by atoms with Gasteiger partial charge in [-0.15, -0.1) is 12.4 Å². The smallest absolute Gasteiger partial charge is 0.229 e. The highest BCUT2D eigenvalue weighted by Gasteiger charge is 2.37. The van der Waals surface area contributed by atoms with E-state index in [2.05, 4.69) is 10.3 Å². The minimum absolute atomic E-state index is 0. The van der Waals surface area contributed by atoms with Crippen LogP contribution >= 0.6 is 12.4 Å². The molecule has 5 heteroatoms. The maximum absolute atomic E-state index is 12.5. The quantitative estimate of drug-likeness (QED) is 0.795. The molecule has 1 amide bonds. The van der Waals surface area contributed by atoms with Gasteiger partial charge in [-0.05, 0) is 38.0 Å². The average Bonchev–Trinajstić information content (AvgIpc) is 2.87. The zero-order valence-corrected chi connectivity index (χ0v) is 13.0. The van der Waals surface area contributed by atoms with E-state index in [-0.39, 0.29) is 24.2 Å². The molecule has 3 rings (SSSR count). The second kappa shape index (κ2) is 6.08. The van der Waals surface area contributed by atoms with Crippen molar-refractivity contribution >= 4 is 34.9 Å². The Morgan fingerprint density at radius 3 is 2.95 bits per heavy atom. The normalized spacial score (nSPS) is 25.3. The fourth-order valence-electron chi connectivity index (χ4n) is 3.20. The van der Waals surface area contributed by atoms with Crippen LogP contribution in [0.4, 0.5) is 5.69 Å². The Morgan fingerprint density at radius 2 is 2.19 bits per heavy atom. The van der Waals surface area contributed by atoms with Crippen LogP contribution in [0.3, 0.4) is 0 Å². The van der Waals surface area contributed by atoms with E-state index in [1.54, 1.807) is 0 Å². The number of carbonyl (C=O) groups is 1. The van der Waals surface area contributed by atoms with Crippen molar-refractivity contribution in [3.63, 3.8) is 0 Å². The third-order valence-electron chi connectivity index (χ3n) is 4.42. The molecule has 0 bridgehead atoms. The van der Waals surface area contributed by atoms with Gasteiger partial charge in [0, 0.05) is 22.6 Å². The van der Waals surface area contributed by atoms with Gasteiger partial charge in [-0.2, -0.15) is 0 Å². The molecule has 4 N–H and O–H groups in total. The van der Waals surface area contributed by atoms with Gasteiger partial charge in [0.1, 0.15) is 0 Å². The van der Waals surface area contributed by atoms with Crippen LogP contribution in [0, 0.1) is 5.92 Å². The summed E-state index contributed by atoms with van der Waals surface area (Å²) in [5.41, 5.74) is 7.79. The molecule has 1 heterocycles. The Balaban J connectivity index is 0.00000161. The number of carbonyl (C=O) groups excluding carboxylic acids is 1. The third kappa shape index (κ3) is 3.06. The molecule has 0 saturated heterocycles. The standard InChI is InChI=1S/C16H21N3O.ClH/c1-16(17)9-3-2-5-12(16)15(20)19-14-7-4-6-13-11(14)8-10-18-13;/h4,6-8,10,12,18H,2-3,5,9,17H2,1H3,(H,19,20);1H. The van der Waals surface area contributed by atoms with Crippen LogP contribution in [0.5, 0.6) is 0 Å². The summed E-state index contributed by atoms with van der Waals surface area (Å²) < 4.78 is 0. The molecule has 2 atom stereocenters. The Kier molecular flexibility index (Phi) is 4.59. The summed E-state index contributed by atoms with van der Waals surface area (Å²) >= 11 is 0. The number of H-pyrrole nitrogens is 1. The first-order valence-electron chi connectivity index (χ1n) is 7.24. The van der Waals surface area contributed by atoms with Crippen molar-refractivity contribution in [3.8, 4) is 0 Å². The number of amides is 1. The van der Waals surface area contributed by atoms with Crippen LogP contribution < -0.4 is 11.1 Å². The fraction of sp³-hybridized carbons (Fsp3) is 0.438. The van der Waals surface area contributed by atoms with Gasteiger partial charge in [-0.3, -0.25) is 4.79 Å². The van der Waals surface area contributed by atoms with Crippen LogP contribution in [-0.4, -0.2) is 16.4 Å². The molecule has 0 aliphatic heterocycles. The molecular weight excluding hydrogens is 286 g/mol. The number of aromatic amines is 1. The highest BCUT2D eigenvalue weighted by molar-refractivity contribution is 6.02. The summed E-state index contributed by atoms with van der Waals surface area (Å²) in [4.78, 5) is 15.7. The number of hydrogen-bond donors (Lipinski definition) is 3. The summed E-state index contributed by atoms with van der Waals surface area (Å²) in [5.74, 6) is -0.0613. The molecule has 1 saturated carbocycles. The Morgan fingerprint density at radius 1 is 1.38 bits per heavy atom. The van der Waals surface area contributed by atoms with Crippen molar-refractivity contribution in [3.05, 3.63) is 30.5 Å². The van der Waals surface area contributed by atoms with Crippen LogP contribution in [0.2, 0.25) is 0 Å². The van der Waals surface area contributed by atoms with Crippen LogP contribution in [0.25, 0.3) is 10.9 Å². The van der Waals surface area contributed by atoms with E-state index < -0.39 is 5.54 Å². The Bertz CT molecular complexity index is 635. The van der Waals surface area contributed by atoms with Crippen molar-refractivity contribution in [1.29, 1.82) is 0 Å². The lowest BCUT2D eigenvalue weighted by atomic mass is 9.74. The lowest BCUT2D eigenvalue weighted by Gasteiger charge is -2.37. The first kappa shape index (κ1) is 15.9. The monoisotopic (exact) mass is 307 g/mol. The number of aromatic nitrogens is 1. The van der Waals surface area contributed by atoms with Gasteiger partial charge in [0.2, 0.25) is 5.91 Å². The zero-order valence-electron chi connectivity index (χ0n) is 12.2. The predicted octanol–water partition coefficient (Wildman–Crippen LogP) is 3.44. The number of fused-ring (bicyclic) bond motifs is 1. The van der Waals surface area contributed by atoms with Gasteiger partial charge >= 0.3 is 0 Å². The van der Waals surface area contributed by atoms with Gasteiger partial charge in [0.25, 0.3) is 0 Å². The predicted molar refractivity (Wildman–Crippen MR) is 88.7 cm³/mol. The first-order valence-corrected chi connectivity index (χ1v) is 7.24. The number of anilines is 1. The van der Waals surface area contributed by atoms with E-state index in [4.69, 9.17) is 5.73 Å². The second-order valence-corrected chi connectivity index (χ2v) is 6.04. The summed E-state index contributed by atoms with van der Waals surface area (Å²) in [5, 5.41) is 4.09. The molecule has 2 unspecified atom stereocenters. The number of nitrogens with one attached hydrogen (secondary N) is 2. The summed E-state index contributed by atoms with van der Waals surface area (Å²) in [6.07, 6.45) is 5.87. The minimum Gasteiger partial charge on any atom is -0.361 e. The Labute approximate surface area is 130 Å². The molecule has 4 nitrogen and oxygen atoms in total. The lowest BCUT2D eigenvalue weighted by molar-refractivity contribution is -0.122. The van der Waals surface area contributed by atoms with Gasteiger partial charge in [-0.25, -0.2) is 0 Å². The van der Waals surface area contributed by atoms with Crippen molar-refractivity contribution < 1.29 is 4.79 Å². The minimum atomic E-state index is -0.394. The number of nitrogens with two attached hydrogens (primary N) is 1. The summed E-state index contributed by atoms with van der Waals surface area (Å²) in [6.45, 7) is 1.99. The molecule has 0 spiro atoms. The number of rotatable bonds is 2. The third-order valence-corrected chi connectivity index (χ3v) is 4.42. The Hall–Kier alpha value is -1.52. The van der Waals surface area contributed by atoms with Crippen LogP contribution in [-0.2, 0) is 4.79 Å². The van der Waals surface area contributed by atoms with E-state index in [0.29, 0.717) is 0 Å². The van der Waals surface area contributed by atoms with Crippen molar-refractivity contribution in [1.82, 2.24) is 4.98 Å². The number of halogens is 1. The number of hydrogen-bond acceptors (Lipinski definition) is 2. The maximum atomic E-state index is 12.5. The molecule has 2 aromatic rings. The van der Waals surface area contributed by atoms with Crippen molar-refractivity contribution in [2.75, 3.05) is 5.32 Å². The topological polar surface area (TPSA) is 70.9 Å². The van der Waals surface area contributed by atoms with Gasteiger partial charge in [-0.1, -0.05) is 18.9 Å². The van der Waals surface area contributed by atoms with E-state index in [9.17, 15) is 4.79 Å². The van der Waals surface area contributed by atoms with E-state index in [0.717, 1.165) is 42.3 Å². The highest BCUT2D eigenvalue weighted by Crippen LogP contribution is 2.33. The maximum Gasteiger partial charge on any atom is 0.229 e. The number of benzene rings is 1. The molecule has 1 aliphatic carbocycles. The van der Waals surface area contributed by atoms with Gasteiger partial charge in [0.15, 0.2) is 0 Å². The average molecular weight is 308 g/mol. The van der Waals surface area contributed by atoms with Crippen molar-refractivity contribution in [2.24, 2.45) is 11.7 Å². The van der Waals surface area contributed by atoms with E-state index >= 15 is 0 Å². The van der Waals surface area contributed by atoms with Crippen LogP contribution in [0.15, 0.2) is 30.5 Å². The molecule has 0 radical (unpaired) electrons. The molecule has 1 fully saturated rings. The zero-order chi connectivity index (χ0) is 14.2. The van der Waals surface area contributed by atoms with Crippen molar-refractivity contribution in [2.45, 2.75) is 38.1 Å². The SMILES string of the molecule is CC1(N)CCCCC1C(=O)Nc1cccc2[nH]ccc12.Cl. The molecule has 1 aromatic heterocycles. The second-order valence-electron chi connectivity index (χ2n) is 6.04. The van der Waals surface area contributed by atoms with Gasteiger partial charge < -0.3 is 16.0 Å². The van der Waals surface area contributed by atoms with E-state index in [1.807, 2.05) is 37.4 Å². The largest absolute Gasteiger partial charge is 0.361 e. The lowest BCUT2D eigenvalue weighted by Crippen LogP contribution is -2.51. The molecular formula is C16H22ClN3O. The summed E-state index contributed by atoms with van der Waals surface area (Å²) in [6, 6.07) is 7.85. The van der Waals surface area contributed by atoms with Gasteiger partial charge in [0.05, 0.1) is 11.6 Å². The molecule has 1 aliphatic rings. The molecule has 1 aromatic carbocycles.